The molecular weight excluding hydrogens is 316 g/mol. The Labute approximate surface area is 141 Å². The second-order valence-corrected chi connectivity index (χ2v) is 6.22. The third-order valence-electron chi connectivity index (χ3n) is 4.78. The number of guanidine groups is 1. The van der Waals surface area contributed by atoms with Gasteiger partial charge >= 0.3 is 5.97 Å². The number of nitrogens with two attached hydrogens (primary N) is 1. The quantitative estimate of drug-likeness (QED) is 0.255. The molecule has 0 aliphatic heterocycles. The SMILES string of the molecule is CCC(CC)C(NC(C)=O)[C@H]1[C@H](O)[C@@H](C(=O)O)C[C@H]1NC(=N)N.O. The molecule has 1 rings (SSSR count). The van der Waals surface area contributed by atoms with Gasteiger partial charge in [-0.25, -0.2) is 0 Å². The molecule has 0 heterocycles. The molecule has 0 spiro atoms. The number of aliphatic hydroxyl groups is 1. The number of amides is 1. The van der Waals surface area contributed by atoms with Crippen molar-refractivity contribution in [3.8, 4) is 0 Å². The minimum atomic E-state index is -1.11. The molecule has 1 amide bonds. The number of carbonyl (C=O) groups excluding carboxylic acids is 1. The van der Waals surface area contributed by atoms with Crippen LogP contribution in [0.15, 0.2) is 0 Å². The Morgan fingerprint density at radius 1 is 1.33 bits per heavy atom. The number of hydrogen-bond acceptors (Lipinski definition) is 4. The molecule has 24 heavy (non-hydrogen) atoms. The Bertz CT molecular complexity index is 455. The van der Waals surface area contributed by atoms with Gasteiger partial charge in [-0.15, -0.1) is 0 Å². The number of aliphatic carboxylic acids is 1. The summed E-state index contributed by atoms with van der Waals surface area (Å²) in [5.41, 5.74) is 5.40. The lowest BCUT2D eigenvalue weighted by atomic mass is 9.80. The van der Waals surface area contributed by atoms with Crippen LogP contribution in [0.5, 0.6) is 0 Å². The highest BCUT2D eigenvalue weighted by molar-refractivity contribution is 5.76. The van der Waals surface area contributed by atoms with Crippen LogP contribution in [0.3, 0.4) is 0 Å². The molecule has 0 radical (unpaired) electrons. The van der Waals surface area contributed by atoms with Gasteiger partial charge in [-0.1, -0.05) is 26.7 Å². The Balaban J connectivity index is 0.00000529. The Hall–Kier alpha value is -1.87. The molecule has 1 saturated carbocycles. The van der Waals surface area contributed by atoms with Crippen molar-refractivity contribution < 1.29 is 25.3 Å². The minimum Gasteiger partial charge on any atom is -0.481 e. The molecule has 1 unspecified atom stereocenters. The molecule has 0 aromatic heterocycles. The fourth-order valence-corrected chi connectivity index (χ4v) is 3.70. The van der Waals surface area contributed by atoms with E-state index in [9.17, 15) is 19.8 Å². The van der Waals surface area contributed by atoms with Crippen molar-refractivity contribution in [2.45, 2.75) is 58.2 Å². The molecule has 140 valence electrons. The molecule has 0 bridgehead atoms. The molecular formula is C15H30N4O5. The van der Waals surface area contributed by atoms with Crippen molar-refractivity contribution in [1.29, 1.82) is 5.41 Å². The van der Waals surface area contributed by atoms with Crippen molar-refractivity contribution in [3.63, 3.8) is 0 Å². The normalized spacial score (nSPS) is 27.2. The van der Waals surface area contributed by atoms with Gasteiger partial charge in [0.1, 0.15) is 0 Å². The largest absolute Gasteiger partial charge is 0.481 e. The molecule has 9 heteroatoms. The topological polar surface area (TPSA) is 180 Å². The summed E-state index contributed by atoms with van der Waals surface area (Å²) >= 11 is 0. The highest BCUT2D eigenvalue weighted by Gasteiger charge is 2.50. The molecule has 9 nitrogen and oxygen atoms in total. The number of hydrogen-bond donors (Lipinski definition) is 6. The van der Waals surface area contributed by atoms with E-state index in [4.69, 9.17) is 11.1 Å². The minimum absolute atomic E-state index is 0. The van der Waals surface area contributed by atoms with Crippen LogP contribution in [-0.4, -0.2) is 51.7 Å². The summed E-state index contributed by atoms with van der Waals surface area (Å²) in [7, 11) is 0. The van der Waals surface area contributed by atoms with Crippen molar-refractivity contribution in [2.24, 2.45) is 23.5 Å². The van der Waals surface area contributed by atoms with Gasteiger partial charge in [0.25, 0.3) is 0 Å². The summed E-state index contributed by atoms with van der Waals surface area (Å²) in [6.45, 7) is 5.39. The summed E-state index contributed by atoms with van der Waals surface area (Å²) in [6.07, 6.45) is 0.628. The monoisotopic (exact) mass is 346 g/mol. The molecule has 9 N–H and O–H groups in total. The summed E-state index contributed by atoms with van der Waals surface area (Å²) in [5, 5.41) is 32.9. The van der Waals surface area contributed by atoms with Gasteiger partial charge in [-0.2, -0.15) is 0 Å². The maximum absolute atomic E-state index is 11.6. The van der Waals surface area contributed by atoms with Crippen LogP contribution in [0, 0.1) is 23.2 Å². The van der Waals surface area contributed by atoms with Gasteiger partial charge in [0, 0.05) is 24.9 Å². The average molecular weight is 346 g/mol. The maximum Gasteiger partial charge on any atom is 0.309 e. The first-order valence-corrected chi connectivity index (χ1v) is 8.01. The standard InChI is InChI=1S/C15H28N4O4.H2O/c1-4-8(5-2)12(18-7(3)20)11-10(19-15(16)17)6-9(13(11)21)14(22)23;/h8-13,21H,4-6H2,1-3H3,(H,18,20)(H,22,23)(H4,16,17,19);1H2/t9-,10+,11-,12?,13+;/m0./s1. The predicted octanol–water partition coefficient (Wildman–Crippen LogP) is -0.964. The first-order valence-electron chi connectivity index (χ1n) is 8.01. The lowest BCUT2D eigenvalue weighted by Gasteiger charge is -2.36. The maximum atomic E-state index is 11.6. The second-order valence-electron chi connectivity index (χ2n) is 6.22. The Kier molecular flexibility index (Phi) is 8.70. The number of carbonyl (C=O) groups is 2. The van der Waals surface area contributed by atoms with E-state index in [1.165, 1.54) is 6.92 Å². The van der Waals surface area contributed by atoms with Crippen molar-refractivity contribution in [1.82, 2.24) is 10.6 Å². The highest BCUT2D eigenvalue weighted by atomic mass is 16.4. The zero-order chi connectivity index (χ0) is 17.7. The predicted molar refractivity (Wildman–Crippen MR) is 89.4 cm³/mol. The summed E-state index contributed by atoms with van der Waals surface area (Å²) < 4.78 is 0. The van der Waals surface area contributed by atoms with Crippen LogP contribution < -0.4 is 16.4 Å². The Morgan fingerprint density at radius 3 is 2.25 bits per heavy atom. The number of nitrogens with one attached hydrogen (secondary N) is 3. The van der Waals surface area contributed by atoms with Crippen molar-refractivity contribution >= 4 is 17.8 Å². The molecule has 5 atom stereocenters. The van der Waals surface area contributed by atoms with Gasteiger partial charge in [-0.3, -0.25) is 15.0 Å². The van der Waals surface area contributed by atoms with Crippen LogP contribution >= 0.6 is 0 Å². The van der Waals surface area contributed by atoms with Crippen LogP contribution in [0.2, 0.25) is 0 Å². The number of carboxylic acids is 1. The van der Waals surface area contributed by atoms with Gasteiger partial charge in [0.05, 0.1) is 12.0 Å². The summed E-state index contributed by atoms with van der Waals surface area (Å²) in [4.78, 5) is 23.0. The molecule has 0 saturated heterocycles. The molecule has 1 fully saturated rings. The Morgan fingerprint density at radius 2 is 1.88 bits per heavy atom. The van der Waals surface area contributed by atoms with E-state index in [-0.39, 0.29) is 35.7 Å². The average Bonchev–Trinajstić information content (AvgIpc) is 2.74. The van der Waals surface area contributed by atoms with E-state index in [0.29, 0.717) is 0 Å². The first kappa shape index (κ1) is 22.1. The van der Waals surface area contributed by atoms with E-state index in [0.717, 1.165) is 12.8 Å². The third-order valence-corrected chi connectivity index (χ3v) is 4.78. The van der Waals surface area contributed by atoms with Crippen LogP contribution in [0.1, 0.15) is 40.0 Å². The van der Waals surface area contributed by atoms with Crippen LogP contribution in [0.25, 0.3) is 0 Å². The van der Waals surface area contributed by atoms with Gasteiger partial charge in [-0.05, 0) is 12.3 Å². The summed E-state index contributed by atoms with van der Waals surface area (Å²) in [6, 6.07) is -0.847. The van der Waals surface area contributed by atoms with E-state index in [1.807, 2.05) is 13.8 Å². The smallest absolute Gasteiger partial charge is 0.309 e. The first-order chi connectivity index (χ1) is 10.7. The van der Waals surface area contributed by atoms with Gasteiger partial charge in [0.15, 0.2) is 5.96 Å². The zero-order valence-electron chi connectivity index (χ0n) is 14.4. The second kappa shape index (κ2) is 9.43. The molecule has 1 aliphatic rings. The van der Waals surface area contributed by atoms with E-state index < -0.39 is 30.0 Å². The van der Waals surface area contributed by atoms with E-state index >= 15 is 0 Å². The lowest BCUT2D eigenvalue weighted by Crippen LogP contribution is -2.54. The van der Waals surface area contributed by atoms with E-state index in [2.05, 4.69) is 10.6 Å². The fraction of sp³-hybridized carbons (Fsp3) is 0.800. The van der Waals surface area contributed by atoms with E-state index in [1.54, 1.807) is 0 Å². The van der Waals surface area contributed by atoms with Gasteiger partial charge < -0.3 is 32.1 Å². The van der Waals surface area contributed by atoms with Crippen LogP contribution in [0.4, 0.5) is 0 Å². The highest BCUT2D eigenvalue weighted by Crippen LogP contribution is 2.37. The van der Waals surface area contributed by atoms with Crippen molar-refractivity contribution in [2.75, 3.05) is 0 Å². The fourth-order valence-electron chi connectivity index (χ4n) is 3.70. The van der Waals surface area contributed by atoms with Crippen molar-refractivity contribution in [3.05, 3.63) is 0 Å². The van der Waals surface area contributed by atoms with Crippen LogP contribution in [-0.2, 0) is 9.59 Å². The molecule has 0 aromatic carbocycles. The van der Waals surface area contributed by atoms with Gasteiger partial charge in [0.2, 0.25) is 5.91 Å². The molecule has 1 aliphatic carbocycles. The zero-order valence-corrected chi connectivity index (χ0v) is 14.4. The number of aliphatic hydroxyl groups excluding tert-OH is 1. The number of carboxylic acid groups (broad SMARTS) is 1. The number of rotatable bonds is 7. The summed E-state index contributed by atoms with van der Waals surface area (Å²) in [5.74, 6) is -2.95. The molecule has 0 aromatic rings. The third kappa shape index (κ3) is 5.07. The lowest BCUT2D eigenvalue weighted by molar-refractivity contribution is -0.145.